The highest BCUT2D eigenvalue weighted by atomic mass is 16.5. The second kappa shape index (κ2) is 7.72. The number of carbonyl (C=O) groups is 1. The van der Waals surface area contributed by atoms with Crippen molar-refractivity contribution in [2.75, 3.05) is 33.3 Å². The summed E-state index contributed by atoms with van der Waals surface area (Å²) < 4.78 is 7.06. The van der Waals surface area contributed by atoms with Crippen molar-refractivity contribution in [3.05, 3.63) is 47.3 Å². The number of fused-ring (bicyclic) bond motifs is 1. The maximum Gasteiger partial charge on any atom is 0.272 e. The first-order chi connectivity index (χ1) is 13.2. The molecule has 2 aromatic rings. The minimum Gasteiger partial charge on any atom is -0.497 e. The maximum atomic E-state index is 12.8. The molecule has 1 fully saturated rings. The number of carbonyl (C=O) groups excluding carboxylic acids is 1. The Balaban J connectivity index is 1.41. The molecular formula is C21H28N4O2. The average molecular weight is 368 g/mol. The van der Waals surface area contributed by atoms with Crippen molar-refractivity contribution in [3.63, 3.8) is 0 Å². The highest BCUT2D eigenvalue weighted by molar-refractivity contribution is 5.92. The zero-order chi connectivity index (χ0) is 18.8. The lowest BCUT2D eigenvalue weighted by atomic mass is 9.87. The van der Waals surface area contributed by atoms with Gasteiger partial charge in [-0.25, -0.2) is 0 Å². The van der Waals surface area contributed by atoms with Crippen molar-refractivity contribution in [1.29, 1.82) is 0 Å². The molecule has 1 atom stereocenters. The van der Waals surface area contributed by atoms with E-state index in [1.807, 2.05) is 11.9 Å². The number of hydrogen-bond acceptors (Lipinski definition) is 4. The second-order valence-electron chi connectivity index (χ2n) is 7.55. The number of rotatable bonds is 3. The monoisotopic (exact) mass is 368 g/mol. The summed E-state index contributed by atoms with van der Waals surface area (Å²) in [5, 5.41) is 4.13. The third kappa shape index (κ3) is 3.72. The highest BCUT2D eigenvalue weighted by Gasteiger charge is 2.28. The number of hydrogen-bond donors (Lipinski definition) is 0. The predicted molar refractivity (Wildman–Crippen MR) is 104 cm³/mol. The van der Waals surface area contributed by atoms with Crippen molar-refractivity contribution in [2.45, 2.75) is 31.7 Å². The van der Waals surface area contributed by atoms with Gasteiger partial charge in [0.05, 0.1) is 7.11 Å². The second-order valence-corrected chi connectivity index (χ2v) is 7.55. The number of ether oxygens (including phenoxy) is 1. The molecule has 1 aliphatic carbocycles. The molecule has 6 nitrogen and oxygen atoms in total. The van der Waals surface area contributed by atoms with Crippen molar-refractivity contribution >= 4 is 5.91 Å². The number of aryl methyl sites for hydroxylation is 2. The van der Waals surface area contributed by atoms with E-state index >= 15 is 0 Å². The Bertz CT molecular complexity index is 816. The van der Waals surface area contributed by atoms with E-state index in [-0.39, 0.29) is 5.91 Å². The molecule has 27 heavy (non-hydrogen) atoms. The Morgan fingerprint density at radius 2 is 2.04 bits per heavy atom. The lowest BCUT2D eigenvalue weighted by Gasteiger charge is -2.34. The quantitative estimate of drug-likeness (QED) is 0.833. The van der Waals surface area contributed by atoms with Crippen LogP contribution in [0, 0.1) is 0 Å². The van der Waals surface area contributed by atoms with E-state index in [1.165, 1.54) is 17.5 Å². The van der Waals surface area contributed by atoms with E-state index in [0.717, 1.165) is 51.2 Å². The van der Waals surface area contributed by atoms with Crippen LogP contribution in [0.5, 0.6) is 5.75 Å². The first-order valence-corrected chi connectivity index (χ1v) is 9.83. The Morgan fingerprint density at radius 1 is 1.15 bits per heavy atom. The first kappa shape index (κ1) is 18.0. The molecule has 0 bridgehead atoms. The lowest BCUT2D eigenvalue weighted by molar-refractivity contribution is 0.0746. The van der Waals surface area contributed by atoms with Crippen molar-refractivity contribution in [3.8, 4) is 5.75 Å². The van der Waals surface area contributed by atoms with Crippen LogP contribution in [0.2, 0.25) is 0 Å². The molecular weight excluding hydrogens is 340 g/mol. The van der Waals surface area contributed by atoms with Crippen molar-refractivity contribution in [2.24, 2.45) is 7.05 Å². The Morgan fingerprint density at radius 3 is 2.81 bits per heavy atom. The number of aromatic nitrogens is 2. The van der Waals surface area contributed by atoms with Crippen LogP contribution in [0.15, 0.2) is 30.5 Å². The van der Waals surface area contributed by atoms with Crippen LogP contribution in [0.25, 0.3) is 0 Å². The van der Waals surface area contributed by atoms with E-state index in [0.29, 0.717) is 11.7 Å². The van der Waals surface area contributed by atoms with Crippen molar-refractivity contribution < 1.29 is 9.53 Å². The van der Waals surface area contributed by atoms with E-state index in [4.69, 9.17) is 4.74 Å². The fourth-order valence-corrected chi connectivity index (χ4v) is 4.40. The minimum absolute atomic E-state index is 0.0931. The zero-order valence-electron chi connectivity index (χ0n) is 16.2. The van der Waals surface area contributed by atoms with Crippen LogP contribution >= 0.6 is 0 Å². The standard InChI is InChI=1S/C21H28N4O2/c1-23-20(8-9-22-23)21(26)25-11-3-10-24(12-13-25)18-6-4-16-5-7-19(27-2)15-17(16)14-18/h5,7-9,15,18H,3-4,6,10-14H2,1-2H3. The van der Waals surface area contributed by atoms with Gasteiger partial charge in [-0.2, -0.15) is 5.10 Å². The van der Waals surface area contributed by atoms with Gasteiger partial charge in [0.2, 0.25) is 0 Å². The summed E-state index contributed by atoms with van der Waals surface area (Å²) in [5.41, 5.74) is 3.54. The Labute approximate surface area is 160 Å². The summed E-state index contributed by atoms with van der Waals surface area (Å²) >= 11 is 0. The molecule has 4 rings (SSSR count). The molecule has 2 heterocycles. The van der Waals surface area contributed by atoms with Gasteiger partial charge in [0.25, 0.3) is 5.91 Å². The molecule has 0 spiro atoms. The zero-order valence-corrected chi connectivity index (χ0v) is 16.2. The normalized spacial score (nSPS) is 20.8. The third-order valence-corrected chi connectivity index (χ3v) is 5.99. The van der Waals surface area contributed by atoms with Gasteiger partial charge in [0.1, 0.15) is 11.4 Å². The minimum atomic E-state index is 0.0931. The summed E-state index contributed by atoms with van der Waals surface area (Å²) in [5.74, 6) is 1.04. The third-order valence-electron chi connectivity index (χ3n) is 5.99. The molecule has 1 unspecified atom stereocenters. The topological polar surface area (TPSA) is 50.6 Å². The van der Waals surface area contributed by atoms with Crippen LogP contribution in [-0.4, -0.2) is 64.8 Å². The summed E-state index contributed by atoms with van der Waals surface area (Å²) in [6.45, 7) is 3.59. The molecule has 1 aliphatic heterocycles. The van der Waals surface area contributed by atoms with E-state index < -0.39 is 0 Å². The van der Waals surface area contributed by atoms with Gasteiger partial charge in [-0.1, -0.05) is 6.07 Å². The van der Waals surface area contributed by atoms with Crippen LogP contribution in [0.1, 0.15) is 34.5 Å². The smallest absolute Gasteiger partial charge is 0.272 e. The Hall–Kier alpha value is -2.34. The van der Waals surface area contributed by atoms with Crippen LogP contribution in [-0.2, 0) is 19.9 Å². The van der Waals surface area contributed by atoms with Gasteiger partial charge in [0.15, 0.2) is 0 Å². The van der Waals surface area contributed by atoms with Gasteiger partial charge in [-0.05, 0) is 55.0 Å². The molecule has 6 heteroatoms. The van der Waals surface area contributed by atoms with Gasteiger partial charge in [-0.15, -0.1) is 0 Å². The number of methoxy groups -OCH3 is 1. The highest BCUT2D eigenvalue weighted by Crippen LogP contribution is 2.28. The molecule has 0 N–H and O–H groups in total. The summed E-state index contributed by atoms with van der Waals surface area (Å²) in [7, 11) is 3.55. The molecule has 1 amide bonds. The molecule has 0 saturated carbocycles. The molecule has 2 aliphatic rings. The van der Waals surface area contributed by atoms with Crippen LogP contribution in [0.4, 0.5) is 0 Å². The largest absolute Gasteiger partial charge is 0.497 e. The van der Waals surface area contributed by atoms with Gasteiger partial charge < -0.3 is 9.64 Å². The Kier molecular flexibility index (Phi) is 5.16. The molecule has 1 aromatic heterocycles. The SMILES string of the molecule is COc1ccc2c(c1)CC(N1CCCN(C(=O)c3ccnn3C)CC1)CC2. The fourth-order valence-electron chi connectivity index (χ4n) is 4.40. The maximum absolute atomic E-state index is 12.8. The number of amides is 1. The van der Waals surface area contributed by atoms with E-state index in [9.17, 15) is 4.79 Å². The fraction of sp³-hybridized carbons (Fsp3) is 0.524. The summed E-state index contributed by atoms with van der Waals surface area (Å²) in [6, 6.07) is 8.82. The van der Waals surface area contributed by atoms with E-state index in [1.54, 1.807) is 24.1 Å². The van der Waals surface area contributed by atoms with E-state index in [2.05, 4.69) is 28.2 Å². The van der Waals surface area contributed by atoms with Crippen LogP contribution in [0.3, 0.4) is 0 Å². The number of nitrogens with zero attached hydrogens (tertiary/aromatic N) is 4. The predicted octanol–water partition coefficient (Wildman–Crippen LogP) is 2.13. The van der Waals surface area contributed by atoms with Gasteiger partial charge in [-0.3, -0.25) is 14.4 Å². The molecule has 0 radical (unpaired) electrons. The number of benzene rings is 1. The average Bonchev–Trinajstić information content (AvgIpc) is 2.98. The molecule has 1 saturated heterocycles. The van der Waals surface area contributed by atoms with Crippen molar-refractivity contribution in [1.82, 2.24) is 19.6 Å². The lowest BCUT2D eigenvalue weighted by Crippen LogP contribution is -2.42. The summed E-state index contributed by atoms with van der Waals surface area (Å²) in [6.07, 6.45) is 6.09. The van der Waals surface area contributed by atoms with Crippen LogP contribution < -0.4 is 4.74 Å². The molecule has 1 aromatic carbocycles. The molecule has 144 valence electrons. The van der Waals surface area contributed by atoms with Gasteiger partial charge >= 0.3 is 0 Å². The summed E-state index contributed by atoms with van der Waals surface area (Å²) in [4.78, 5) is 17.3. The van der Waals surface area contributed by atoms with Gasteiger partial charge in [0, 0.05) is 45.5 Å². The first-order valence-electron chi connectivity index (χ1n) is 9.83.